The van der Waals surface area contributed by atoms with Crippen molar-refractivity contribution < 1.29 is 14.7 Å². The van der Waals surface area contributed by atoms with E-state index in [0.29, 0.717) is 19.3 Å². The molecule has 0 aliphatic heterocycles. The van der Waals surface area contributed by atoms with Gasteiger partial charge in [0.2, 0.25) is 5.91 Å². The SMILES string of the molecule is Cc1cccc(CCC(=O)N[C@@H]2CC[C@H](C(=O)O)C2)c1. The Kier molecular flexibility index (Phi) is 4.77. The summed E-state index contributed by atoms with van der Waals surface area (Å²) < 4.78 is 0. The number of benzene rings is 1. The molecule has 0 bridgehead atoms. The van der Waals surface area contributed by atoms with Crippen molar-refractivity contribution in [2.24, 2.45) is 5.92 Å². The fourth-order valence-electron chi connectivity index (χ4n) is 2.76. The summed E-state index contributed by atoms with van der Waals surface area (Å²) in [6.07, 6.45) is 3.18. The van der Waals surface area contributed by atoms with Gasteiger partial charge in [0, 0.05) is 12.5 Å². The van der Waals surface area contributed by atoms with Crippen molar-refractivity contribution in [1.29, 1.82) is 0 Å². The summed E-state index contributed by atoms with van der Waals surface area (Å²) >= 11 is 0. The Bertz CT molecular complexity index is 498. The predicted molar refractivity (Wildman–Crippen MR) is 76.4 cm³/mol. The van der Waals surface area contributed by atoms with Crippen LogP contribution in [0.5, 0.6) is 0 Å². The fraction of sp³-hybridized carbons (Fsp3) is 0.500. The molecule has 0 radical (unpaired) electrons. The Morgan fingerprint density at radius 1 is 1.35 bits per heavy atom. The molecule has 0 unspecified atom stereocenters. The molecule has 0 aromatic heterocycles. The predicted octanol–water partition coefficient (Wildman–Crippen LogP) is 2.30. The van der Waals surface area contributed by atoms with Crippen molar-refractivity contribution in [2.75, 3.05) is 0 Å². The number of rotatable bonds is 5. The maximum atomic E-state index is 11.9. The third-order valence-corrected chi connectivity index (χ3v) is 3.87. The number of carbonyl (C=O) groups excluding carboxylic acids is 1. The lowest BCUT2D eigenvalue weighted by Crippen LogP contribution is -2.33. The topological polar surface area (TPSA) is 66.4 Å². The highest BCUT2D eigenvalue weighted by molar-refractivity contribution is 5.77. The summed E-state index contributed by atoms with van der Waals surface area (Å²) in [6, 6.07) is 8.17. The lowest BCUT2D eigenvalue weighted by molar-refractivity contribution is -0.141. The van der Waals surface area contributed by atoms with Gasteiger partial charge in [0.25, 0.3) is 0 Å². The number of aliphatic carboxylic acids is 1. The van der Waals surface area contributed by atoms with Gasteiger partial charge in [-0.1, -0.05) is 29.8 Å². The van der Waals surface area contributed by atoms with E-state index < -0.39 is 5.97 Å². The molecule has 1 aliphatic carbocycles. The van der Waals surface area contributed by atoms with Crippen LogP contribution in [0.25, 0.3) is 0 Å². The van der Waals surface area contributed by atoms with Gasteiger partial charge in [0.15, 0.2) is 0 Å². The monoisotopic (exact) mass is 275 g/mol. The maximum Gasteiger partial charge on any atom is 0.306 e. The van der Waals surface area contributed by atoms with Crippen LogP contribution in [-0.4, -0.2) is 23.0 Å². The Balaban J connectivity index is 1.75. The molecule has 1 saturated carbocycles. The molecule has 2 N–H and O–H groups in total. The first-order valence-corrected chi connectivity index (χ1v) is 7.12. The Morgan fingerprint density at radius 2 is 2.15 bits per heavy atom. The van der Waals surface area contributed by atoms with Gasteiger partial charge >= 0.3 is 5.97 Å². The number of carboxylic acids is 1. The molecule has 2 atom stereocenters. The summed E-state index contributed by atoms with van der Waals surface area (Å²) in [5, 5.41) is 11.9. The number of carboxylic acid groups (broad SMARTS) is 1. The number of hydrogen-bond acceptors (Lipinski definition) is 2. The zero-order valence-corrected chi connectivity index (χ0v) is 11.8. The lowest BCUT2D eigenvalue weighted by Gasteiger charge is -2.12. The van der Waals surface area contributed by atoms with Crippen LogP contribution >= 0.6 is 0 Å². The summed E-state index contributed by atoms with van der Waals surface area (Å²) in [4.78, 5) is 22.7. The largest absolute Gasteiger partial charge is 0.481 e. The first-order chi connectivity index (χ1) is 9.54. The van der Waals surface area contributed by atoms with Crippen LogP contribution in [0.1, 0.15) is 36.8 Å². The molecule has 1 aromatic carbocycles. The summed E-state index contributed by atoms with van der Waals surface area (Å²) in [5.74, 6) is -1.03. The van der Waals surface area contributed by atoms with Crippen LogP contribution in [0.3, 0.4) is 0 Å². The van der Waals surface area contributed by atoms with E-state index in [0.717, 1.165) is 18.4 Å². The van der Waals surface area contributed by atoms with E-state index in [1.165, 1.54) is 5.56 Å². The molecular formula is C16H21NO3. The number of carbonyl (C=O) groups is 2. The molecule has 4 heteroatoms. The van der Waals surface area contributed by atoms with Crippen molar-refractivity contribution in [2.45, 2.75) is 45.1 Å². The molecule has 20 heavy (non-hydrogen) atoms. The highest BCUT2D eigenvalue weighted by Gasteiger charge is 2.30. The van der Waals surface area contributed by atoms with Crippen molar-refractivity contribution in [3.05, 3.63) is 35.4 Å². The average molecular weight is 275 g/mol. The van der Waals surface area contributed by atoms with Crippen LogP contribution in [0.2, 0.25) is 0 Å². The van der Waals surface area contributed by atoms with Gasteiger partial charge in [-0.15, -0.1) is 0 Å². The quantitative estimate of drug-likeness (QED) is 0.866. The molecule has 1 amide bonds. The summed E-state index contributed by atoms with van der Waals surface area (Å²) in [6.45, 7) is 2.04. The molecule has 108 valence electrons. The van der Waals surface area contributed by atoms with Gasteiger partial charge in [-0.2, -0.15) is 0 Å². The third kappa shape index (κ3) is 4.08. The van der Waals surface area contributed by atoms with Crippen LogP contribution < -0.4 is 5.32 Å². The van der Waals surface area contributed by atoms with Crippen LogP contribution in [0.15, 0.2) is 24.3 Å². The van der Waals surface area contributed by atoms with Gasteiger partial charge in [-0.3, -0.25) is 9.59 Å². The van der Waals surface area contributed by atoms with Crippen molar-refractivity contribution in [1.82, 2.24) is 5.32 Å². The molecule has 1 aromatic rings. The van der Waals surface area contributed by atoms with Crippen molar-refractivity contribution in [3.8, 4) is 0 Å². The van der Waals surface area contributed by atoms with Gasteiger partial charge in [0.1, 0.15) is 0 Å². The first kappa shape index (κ1) is 14.6. The Morgan fingerprint density at radius 3 is 2.80 bits per heavy atom. The smallest absolute Gasteiger partial charge is 0.306 e. The summed E-state index contributed by atoms with van der Waals surface area (Å²) in [7, 11) is 0. The van der Waals surface area contributed by atoms with E-state index in [-0.39, 0.29) is 17.9 Å². The van der Waals surface area contributed by atoms with E-state index >= 15 is 0 Å². The zero-order chi connectivity index (χ0) is 14.5. The highest BCUT2D eigenvalue weighted by Crippen LogP contribution is 2.25. The molecule has 4 nitrogen and oxygen atoms in total. The lowest BCUT2D eigenvalue weighted by atomic mass is 10.1. The van der Waals surface area contributed by atoms with Crippen molar-refractivity contribution >= 4 is 11.9 Å². The normalized spacial score (nSPS) is 21.6. The molecule has 0 heterocycles. The number of amides is 1. The maximum absolute atomic E-state index is 11.9. The molecule has 0 saturated heterocycles. The number of hydrogen-bond donors (Lipinski definition) is 2. The minimum Gasteiger partial charge on any atom is -0.481 e. The molecule has 1 fully saturated rings. The van der Waals surface area contributed by atoms with Crippen LogP contribution in [0.4, 0.5) is 0 Å². The standard InChI is InChI=1S/C16H21NO3/c1-11-3-2-4-12(9-11)5-8-15(18)17-14-7-6-13(10-14)16(19)20/h2-4,9,13-14H,5-8,10H2,1H3,(H,17,18)(H,19,20)/t13-,14+/m0/s1. The van der Waals surface area contributed by atoms with E-state index in [9.17, 15) is 9.59 Å². The Labute approximate surface area is 119 Å². The fourth-order valence-corrected chi connectivity index (χ4v) is 2.76. The van der Waals surface area contributed by atoms with E-state index in [1.54, 1.807) is 0 Å². The Hall–Kier alpha value is -1.84. The second kappa shape index (κ2) is 6.55. The number of nitrogens with one attached hydrogen (secondary N) is 1. The minimum absolute atomic E-state index is 0.0162. The molecule has 1 aliphatic rings. The average Bonchev–Trinajstić information content (AvgIpc) is 2.85. The van der Waals surface area contributed by atoms with E-state index in [4.69, 9.17) is 5.11 Å². The van der Waals surface area contributed by atoms with Crippen molar-refractivity contribution in [3.63, 3.8) is 0 Å². The zero-order valence-electron chi connectivity index (χ0n) is 11.8. The molecule has 2 rings (SSSR count). The first-order valence-electron chi connectivity index (χ1n) is 7.12. The van der Waals surface area contributed by atoms with Gasteiger partial charge in [-0.25, -0.2) is 0 Å². The van der Waals surface area contributed by atoms with E-state index in [1.807, 2.05) is 25.1 Å². The van der Waals surface area contributed by atoms with Gasteiger partial charge < -0.3 is 10.4 Å². The third-order valence-electron chi connectivity index (χ3n) is 3.87. The summed E-state index contributed by atoms with van der Waals surface area (Å²) in [5.41, 5.74) is 2.36. The van der Waals surface area contributed by atoms with Gasteiger partial charge in [0.05, 0.1) is 5.92 Å². The van der Waals surface area contributed by atoms with Gasteiger partial charge in [-0.05, 0) is 38.2 Å². The highest BCUT2D eigenvalue weighted by atomic mass is 16.4. The van der Waals surface area contributed by atoms with Crippen LogP contribution in [-0.2, 0) is 16.0 Å². The second-order valence-electron chi connectivity index (χ2n) is 5.60. The molecular weight excluding hydrogens is 254 g/mol. The van der Waals surface area contributed by atoms with Crippen LogP contribution in [0, 0.1) is 12.8 Å². The number of aryl methyl sites for hydroxylation is 2. The minimum atomic E-state index is -0.749. The second-order valence-corrected chi connectivity index (χ2v) is 5.60. The van der Waals surface area contributed by atoms with E-state index in [2.05, 4.69) is 11.4 Å². The molecule has 0 spiro atoms.